The van der Waals surface area contributed by atoms with Crippen molar-refractivity contribution in [3.63, 3.8) is 0 Å². The molecule has 0 aliphatic heterocycles. The van der Waals surface area contributed by atoms with E-state index >= 15 is 0 Å². The van der Waals surface area contributed by atoms with E-state index in [2.05, 4.69) is 24.8 Å². The van der Waals surface area contributed by atoms with Gasteiger partial charge in [-0.1, -0.05) is 4.32 Å². The molecule has 0 aliphatic rings. The van der Waals surface area contributed by atoms with Crippen LogP contribution in [0.15, 0.2) is 0 Å². The van der Waals surface area contributed by atoms with Gasteiger partial charge in [-0.25, -0.2) is 0 Å². The molecule has 0 saturated carbocycles. The minimum atomic E-state index is 0. The van der Waals surface area contributed by atoms with Crippen LogP contribution in [0.3, 0.4) is 0 Å². The van der Waals surface area contributed by atoms with Gasteiger partial charge >= 0.3 is 26.2 Å². The van der Waals surface area contributed by atoms with E-state index in [0.29, 0.717) is 4.32 Å². The Hall–Kier alpha value is 0.993. The fourth-order valence-electron chi connectivity index (χ4n) is 0. The first kappa shape index (κ1) is 10.9. The summed E-state index contributed by atoms with van der Waals surface area (Å²) >= 11 is 9.12. The van der Waals surface area contributed by atoms with E-state index in [1.54, 1.807) is 4.90 Å². The second-order valence-corrected chi connectivity index (χ2v) is 2.19. The summed E-state index contributed by atoms with van der Waals surface area (Å²) in [6.45, 7) is 0. The van der Waals surface area contributed by atoms with E-state index in [4.69, 9.17) is 0 Å². The zero-order valence-electron chi connectivity index (χ0n) is 4.21. The van der Waals surface area contributed by atoms with E-state index in [9.17, 15) is 0 Å². The van der Waals surface area contributed by atoms with Gasteiger partial charge in [0.15, 0.2) is 0 Å². The van der Waals surface area contributed by atoms with E-state index in [1.807, 2.05) is 14.1 Å². The molecule has 4 heteroatoms. The van der Waals surface area contributed by atoms with Crippen LogP contribution in [0.5, 0.6) is 0 Å². The largest absolute Gasteiger partial charge is 3.00 e. The monoisotopic (exact) mass is 329 g/mol. The fraction of sp³-hybridized carbons (Fsp3) is 0.667. The van der Waals surface area contributed by atoms with E-state index in [1.165, 1.54) is 0 Å². The Kier molecular flexibility index (Phi) is 7.99. The molecular weight excluding hydrogens is 323 g/mol. The molecule has 7 heavy (non-hydrogen) atoms. The average Bonchev–Trinajstić information content (AvgIpc) is 1.36. The van der Waals surface area contributed by atoms with Crippen LogP contribution in [0.25, 0.3) is 0 Å². The van der Waals surface area contributed by atoms with Gasteiger partial charge in [-0.05, 0) is 0 Å². The van der Waals surface area contributed by atoms with Crippen LogP contribution in [0.2, 0.25) is 0 Å². The minimum absolute atomic E-state index is 0. The summed E-state index contributed by atoms with van der Waals surface area (Å²) in [4.78, 5) is 1.71. The Morgan fingerprint density at radius 2 is 1.71 bits per heavy atom. The Labute approximate surface area is 74.0 Å². The van der Waals surface area contributed by atoms with Crippen molar-refractivity contribution < 1.29 is 0 Å². The van der Waals surface area contributed by atoms with Crippen molar-refractivity contribution in [1.82, 2.24) is 4.90 Å². The standard InChI is InChI=1S/C3H7NS2.Bi/c1-4(2)3(5)6;/h1-2H3,(H,5,6);/q;+3/p-1. The normalized spacial score (nSPS) is 6.57. The fourth-order valence-corrected chi connectivity index (χ4v) is 0. The third-order valence-electron chi connectivity index (χ3n) is 0.365. The Morgan fingerprint density at radius 3 is 1.71 bits per heavy atom. The molecule has 0 saturated heterocycles. The molecule has 0 atom stereocenters. The first-order valence-corrected chi connectivity index (χ1v) is 2.34. The number of nitrogens with zero attached hydrogens (tertiary/aromatic N) is 1. The molecule has 0 rings (SSSR count). The second kappa shape index (κ2) is 5.14. The van der Waals surface area contributed by atoms with E-state index < -0.39 is 0 Å². The molecular formula is C3H6BiNS2+2. The molecule has 0 unspecified atom stereocenters. The van der Waals surface area contributed by atoms with Crippen molar-refractivity contribution in [1.29, 1.82) is 0 Å². The average molecular weight is 329 g/mol. The Balaban J connectivity index is 0. The van der Waals surface area contributed by atoms with Crippen LogP contribution in [-0.2, 0) is 12.6 Å². The summed E-state index contributed by atoms with van der Waals surface area (Å²) in [7, 11) is 3.66. The minimum Gasteiger partial charge on any atom is -0.411 e. The van der Waals surface area contributed by atoms with E-state index in [0.717, 1.165) is 0 Å². The zero-order chi connectivity index (χ0) is 5.15. The smallest absolute Gasteiger partial charge is 0.411 e. The molecule has 0 aromatic rings. The Bertz CT molecular complexity index is 64.0. The summed E-state index contributed by atoms with van der Waals surface area (Å²) in [5, 5.41) is 0. The van der Waals surface area contributed by atoms with Crippen molar-refractivity contribution in [3.05, 3.63) is 0 Å². The van der Waals surface area contributed by atoms with Gasteiger partial charge < -0.3 is 29.7 Å². The molecule has 0 N–H and O–H groups in total. The molecule has 0 fully saturated rings. The van der Waals surface area contributed by atoms with Gasteiger partial charge in [0, 0.05) is 14.1 Å². The molecule has 0 amide bonds. The molecule has 0 aliphatic carbocycles. The number of thiocarbonyl (C=S) groups is 1. The first-order chi connectivity index (χ1) is 2.64. The van der Waals surface area contributed by atoms with Crippen molar-refractivity contribution in [2.45, 2.75) is 0 Å². The molecule has 0 aromatic heterocycles. The molecule has 0 heterocycles. The molecule has 0 spiro atoms. The van der Waals surface area contributed by atoms with Crippen molar-refractivity contribution in [2.75, 3.05) is 14.1 Å². The predicted octanol–water partition coefficient (Wildman–Crippen LogP) is -0.00100. The van der Waals surface area contributed by atoms with Crippen LogP contribution in [0.1, 0.15) is 0 Å². The summed E-state index contributed by atoms with van der Waals surface area (Å²) in [5.41, 5.74) is 0. The number of rotatable bonds is 0. The second-order valence-electron chi connectivity index (χ2n) is 1.16. The quantitative estimate of drug-likeness (QED) is 0.350. The number of hydrogen-bond donors (Lipinski definition) is 0. The summed E-state index contributed by atoms with van der Waals surface area (Å²) < 4.78 is 0.509. The maximum atomic E-state index is 4.56. The summed E-state index contributed by atoms with van der Waals surface area (Å²) in [6, 6.07) is 0. The van der Waals surface area contributed by atoms with Gasteiger partial charge in [0.1, 0.15) is 0 Å². The Morgan fingerprint density at radius 1 is 1.57 bits per heavy atom. The molecule has 0 aromatic carbocycles. The summed E-state index contributed by atoms with van der Waals surface area (Å²) in [6.07, 6.45) is 0. The third kappa shape index (κ3) is 6.99. The van der Waals surface area contributed by atoms with E-state index in [-0.39, 0.29) is 26.2 Å². The third-order valence-corrected chi connectivity index (χ3v) is 1.10. The molecule has 2 radical (unpaired) electrons. The number of hydrogen-bond acceptors (Lipinski definition) is 2. The van der Waals surface area contributed by atoms with Gasteiger partial charge in [-0.3, -0.25) is 0 Å². The predicted molar refractivity (Wildman–Crippen MR) is 39.4 cm³/mol. The van der Waals surface area contributed by atoms with Gasteiger partial charge in [0.2, 0.25) is 0 Å². The van der Waals surface area contributed by atoms with Crippen molar-refractivity contribution in [2.24, 2.45) is 0 Å². The van der Waals surface area contributed by atoms with Gasteiger partial charge in [-0.2, -0.15) is 0 Å². The maximum Gasteiger partial charge on any atom is 3.00 e. The van der Waals surface area contributed by atoms with Gasteiger partial charge in [0.05, 0.1) is 0 Å². The topological polar surface area (TPSA) is 3.24 Å². The van der Waals surface area contributed by atoms with Crippen LogP contribution in [0, 0.1) is 0 Å². The molecule has 1 nitrogen and oxygen atoms in total. The zero-order valence-corrected chi connectivity index (χ0v) is 9.32. The van der Waals surface area contributed by atoms with Gasteiger partial charge in [0.25, 0.3) is 0 Å². The van der Waals surface area contributed by atoms with Crippen LogP contribution >= 0.6 is 12.2 Å². The van der Waals surface area contributed by atoms with Crippen molar-refractivity contribution >= 4 is 55.4 Å². The first-order valence-electron chi connectivity index (χ1n) is 1.53. The summed E-state index contributed by atoms with van der Waals surface area (Å²) in [5.74, 6) is 0. The van der Waals surface area contributed by atoms with Crippen LogP contribution < -0.4 is 0 Å². The van der Waals surface area contributed by atoms with Crippen LogP contribution in [0.4, 0.5) is 0 Å². The van der Waals surface area contributed by atoms with Crippen LogP contribution in [-0.4, -0.2) is 49.5 Å². The SMILES string of the molecule is CN(C)C(=S)[S-].[Bi+3]. The van der Waals surface area contributed by atoms with Crippen molar-refractivity contribution in [3.8, 4) is 0 Å². The van der Waals surface area contributed by atoms with Gasteiger partial charge in [-0.15, -0.1) is 0 Å². The molecule has 0 bridgehead atoms. The molecule has 38 valence electrons. The maximum absolute atomic E-state index is 4.56.